The molecule has 0 spiro atoms. The minimum Gasteiger partial charge on any atom is -0.348 e. The number of aromatic amines is 1. The van der Waals surface area contributed by atoms with Crippen molar-refractivity contribution in [1.82, 2.24) is 10.3 Å². The smallest absolute Gasteiger partial charge is 0.268 e. The Morgan fingerprint density at radius 1 is 1.47 bits per heavy atom. The van der Waals surface area contributed by atoms with Crippen molar-refractivity contribution in [3.63, 3.8) is 0 Å². The Kier molecular flexibility index (Phi) is 2.58. The summed E-state index contributed by atoms with van der Waals surface area (Å²) >= 11 is 0. The van der Waals surface area contributed by atoms with E-state index >= 15 is 0 Å². The van der Waals surface area contributed by atoms with Gasteiger partial charge in [-0.3, -0.25) is 9.59 Å². The van der Waals surface area contributed by atoms with Crippen LogP contribution in [-0.4, -0.2) is 16.9 Å². The topological polar surface area (TPSA) is 62.0 Å². The van der Waals surface area contributed by atoms with Gasteiger partial charge in [0.1, 0.15) is 5.69 Å². The average Bonchev–Trinajstić information content (AvgIpc) is 2.15. The molecule has 1 fully saturated rings. The number of aromatic nitrogens is 1. The molecule has 0 aliphatic heterocycles. The summed E-state index contributed by atoms with van der Waals surface area (Å²) in [5.41, 5.74) is 0.0895. The Hall–Kier alpha value is -1.58. The third kappa shape index (κ3) is 2.26. The third-order valence-corrected chi connectivity index (χ3v) is 2.72. The van der Waals surface area contributed by atoms with E-state index in [1.54, 1.807) is 12.1 Å². The summed E-state index contributed by atoms with van der Waals surface area (Å²) in [4.78, 5) is 25.1. The molecule has 1 saturated carbocycles. The van der Waals surface area contributed by atoms with E-state index in [1.807, 2.05) is 0 Å². The number of H-pyrrole nitrogens is 1. The highest BCUT2D eigenvalue weighted by atomic mass is 16.2. The monoisotopic (exact) mass is 206 g/mol. The summed E-state index contributed by atoms with van der Waals surface area (Å²) in [6.07, 6.45) is 2.06. The summed E-state index contributed by atoms with van der Waals surface area (Å²) in [7, 11) is 0. The summed E-state index contributed by atoms with van der Waals surface area (Å²) in [5.74, 6) is 0.509. The minimum absolute atomic E-state index is 0.190. The van der Waals surface area contributed by atoms with Crippen LogP contribution in [0, 0.1) is 5.92 Å². The lowest BCUT2D eigenvalue weighted by molar-refractivity contribution is 0.0890. The molecule has 4 nitrogen and oxygen atoms in total. The zero-order valence-corrected chi connectivity index (χ0v) is 8.62. The number of carbonyl (C=O) groups excluding carboxylic acids is 1. The SMILES string of the molecule is CC1CC(NC(=O)c2cccc(=O)[nH]2)C1. The Bertz CT molecular complexity index is 419. The fourth-order valence-corrected chi connectivity index (χ4v) is 1.86. The van der Waals surface area contributed by atoms with Crippen molar-refractivity contribution < 1.29 is 4.79 Å². The molecule has 0 unspecified atom stereocenters. The van der Waals surface area contributed by atoms with E-state index in [0.29, 0.717) is 11.6 Å². The Labute approximate surface area is 87.7 Å². The first-order valence-electron chi connectivity index (χ1n) is 5.15. The number of carbonyl (C=O) groups is 1. The molecule has 1 heterocycles. The van der Waals surface area contributed by atoms with Gasteiger partial charge in [0.05, 0.1) is 0 Å². The van der Waals surface area contributed by atoms with Gasteiger partial charge < -0.3 is 10.3 Å². The minimum atomic E-state index is -0.246. The number of amides is 1. The number of nitrogens with one attached hydrogen (secondary N) is 2. The second-order valence-corrected chi connectivity index (χ2v) is 4.18. The van der Waals surface area contributed by atoms with Crippen LogP contribution in [0.1, 0.15) is 30.3 Å². The van der Waals surface area contributed by atoms with Crippen LogP contribution in [0.5, 0.6) is 0 Å². The molecule has 2 rings (SSSR count). The lowest BCUT2D eigenvalue weighted by Crippen LogP contribution is -2.43. The maximum atomic E-state index is 11.6. The van der Waals surface area contributed by atoms with Crippen LogP contribution in [0.4, 0.5) is 0 Å². The van der Waals surface area contributed by atoms with Gasteiger partial charge in [-0.15, -0.1) is 0 Å². The number of pyridine rings is 1. The predicted molar refractivity (Wildman–Crippen MR) is 56.7 cm³/mol. The zero-order valence-electron chi connectivity index (χ0n) is 8.62. The van der Waals surface area contributed by atoms with Crippen LogP contribution >= 0.6 is 0 Å². The molecule has 0 bridgehead atoms. The maximum Gasteiger partial charge on any atom is 0.268 e. The van der Waals surface area contributed by atoms with Crippen molar-refractivity contribution in [1.29, 1.82) is 0 Å². The van der Waals surface area contributed by atoms with Gasteiger partial charge in [-0.05, 0) is 24.8 Å². The Morgan fingerprint density at radius 2 is 2.20 bits per heavy atom. The summed E-state index contributed by atoms with van der Waals surface area (Å²) in [6.45, 7) is 2.16. The van der Waals surface area contributed by atoms with E-state index in [1.165, 1.54) is 6.07 Å². The lowest BCUT2D eigenvalue weighted by Gasteiger charge is -2.33. The third-order valence-electron chi connectivity index (χ3n) is 2.72. The highest BCUT2D eigenvalue weighted by Crippen LogP contribution is 2.26. The van der Waals surface area contributed by atoms with Crippen molar-refractivity contribution >= 4 is 5.91 Å². The molecule has 1 amide bonds. The van der Waals surface area contributed by atoms with Gasteiger partial charge >= 0.3 is 0 Å². The van der Waals surface area contributed by atoms with Crippen molar-refractivity contribution in [3.8, 4) is 0 Å². The average molecular weight is 206 g/mol. The van der Waals surface area contributed by atoms with E-state index in [9.17, 15) is 9.59 Å². The first-order chi connectivity index (χ1) is 7.15. The lowest BCUT2D eigenvalue weighted by atomic mass is 9.82. The summed E-state index contributed by atoms with van der Waals surface area (Å²) in [6, 6.07) is 4.86. The molecule has 1 aromatic rings. The fourth-order valence-electron chi connectivity index (χ4n) is 1.86. The van der Waals surface area contributed by atoms with Gasteiger partial charge in [0.2, 0.25) is 5.56 Å². The second-order valence-electron chi connectivity index (χ2n) is 4.18. The number of rotatable bonds is 2. The predicted octanol–water partition coefficient (Wildman–Crippen LogP) is 0.903. The first-order valence-corrected chi connectivity index (χ1v) is 5.15. The molecule has 15 heavy (non-hydrogen) atoms. The van der Waals surface area contributed by atoms with E-state index in [4.69, 9.17) is 0 Å². The fraction of sp³-hybridized carbons (Fsp3) is 0.455. The standard InChI is InChI=1S/C11H14N2O2/c1-7-5-8(6-7)12-11(15)9-3-2-4-10(14)13-9/h2-4,7-8H,5-6H2,1H3,(H,12,15)(H,13,14). The van der Waals surface area contributed by atoms with Gasteiger partial charge in [-0.2, -0.15) is 0 Å². The van der Waals surface area contributed by atoms with Crippen LogP contribution in [0.25, 0.3) is 0 Å². The molecule has 0 saturated heterocycles. The highest BCUT2D eigenvalue weighted by molar-refractivity contribution is 5.92. The molecule has 1 aromatic heterocycles. The number of hydrogen-bond acceptors (Lipinski definition) is 2. The largest absolute Gasteiger partial charge is 0.348 e. The Balaban J connectivity index is 1.99. The molecule has 0 atom stereocenters. The second kappa shape index (κ2) is 3.88. The maximum absolute atomic E-state index is 11.6. The van der Waals surface area contributed by atoms with E-state index in [0.717, 1.165) is 12.8 Å². The van der Waals surface area contributed by atoms with Gasteiger partial charge in [-0.1, -0.05) is 13.0 Å². The van der Waals surface area contributed by atoms with Crippen LogP contribution in [0.2, 0.25) is 0 Å². The molecule has 0 aromatic carbocycles. The molecule has 0 radical (unpaired) electrons. The van der Waals surface area contributed by atoms with E-state index in [-0.39, 0.29) is 17.5 Å². The van der Waals surface area contributed by atoms with Gasteiger partial charge in [0, 0.05) is 12.1 Å². The molecular formula is C11H14N2O2. The molecule has 2 N–H and O–H groups in total. The van der Waals surface area contributed by atoms with Gasteiger partial charge in [-0.25, -0.2) is 0 Å². The van der Waals surface area contributed by atoms with E-state index < -0.39 is 0 Å². The van der Waals surface area contributed by atoms with Gasteiger partial charge in [0.25, 0.3) is 5.91 Å². The van der Waals surface area contributed by atoms with Crippen LogP contribution < -0.4 is 10.9 Å². The molecule has 4 heteroatoms. The molecule has 1 aliphatic rings. The highest BCUT2D eigenvalue weighted by Gasteiger charge is 2.26. The molecular weight excluding hydrogens is 192 g/mol. The normalized spacial score (nSPS) is 24.3. The quantitative estimate of drug-likeness (QED) is 0.755. The van der Waals surface area contributed by atoms with Crippen molar-refractivity contribution in [2.45, 2.75) is 25.8 Å². The van der Waals surface area contributed by atoms with Crippen molar-refractivity contribution in [2.75, 3.05) is 0 Å². The molecule has 80 valence electrons. The Morgan fingerprint density at radius 3 is 2.80 bits per heavy atom. The van der Waals surface area contributed by atoms with Gasteiger partial charge in [0.15, 0.2) is 0 Å². The van der Waals surface area contributed by atoms with Crippen molar-refractivity contribution in [3.05, 3.63) is 34.2 Å². The first kappa shape index (κ1) is 9.96. The zero-order chi connectivity index (χ0) is 10.8. The van der Waals surface area contributed by atoms with Crippen LogP contribution in [-0.2, 0) is 0 Å². The van der Waals surface area contributed by atoms with E-state index in [2.05, 4.69) is 17.2 Å². The summed E-state index contributed by atoms with van der Waals surface area (Å²) in [5, 5.41) is 2.88. The van der Waals surface area contributed by atoms with Crippen molar-refractivity contribution in [2.24, 2.45) is 5.92 Å². The number of hydrogen-bond donors (Lipinski definition) is 2. The molecule has 1 aliphatic carbocycles. The van der Waals surface area contributed by atoms with Crippen LogP contribution in [0.15, 0.2) is 23.0 Å². The van der Waals surface area contributed by atoms with Crippen LogP contribution in [0.3, 0.4) is 0 Å². The summed E-state index contributed by atoms with van der Waals surface area (Å²) < 4.78 is 0.